The second kappa shape index (κ2) is 4.77. The van der Waals surface area contributed by atoms with E-state index in [1.165, 1.54) is 0 Å². The van der Waals surface area contributed by atoms with E-state index in [0.717, 1.165) is 5.69 Å². The van der Waals surface area contributed by atoms with Gasteiger partial charge in [0.05, 0.1) is 12.3 Å². The fourth-order valence-corrected chi connectivity index (χ4v) is 2.21. The molecule has 0 bridgehead atoms. The second-order valence-corrected chi connectivity index (χ2v) is 6.49. The van der Waals surface area contributed by atoms with Crippen molar-refractivity contribution in [3.05, 3.63) is 17.5 Å². The van der Waals surface area contributed by atoms with Crippen LogP contribution in [0.4, 0.5) is 4.79 Å². The van der Waals surface area contributed by atoms with Gasteiger partial charge in [0, 0.05) is 6.07 Å². The molecule has 0 spiro atoms. The van der Waals surface area contributed by atoms with Gasteiger partial charge in [-0.15, -0.1) is 0 Å². The minimum atomic E-state index is -0.742. The van der Waals surface area contributed by atoms with Crippen molar-refractivity contribution in [3.8, 4) is 0 Å². The molecule has 0 unspecified atom stereocenters. The molecule has 1 fully saturated rings. The van der Waals surface area contributed by atoms with E-state index in [1.807, 2.05) is 47.6 Å². The van der Waals surface area contributed by atoms with Crippen LogP contribution in [0.5, 0.6) is 0 Å². The lowest BCUT2D eigenvalue weighted by Crippen LogP contribution is -2.47. The first-order chi connectivity index (χ1) is 9.10. The Morgan fingerprint density at radius 3 is 2.65 bits per heavy atom. The first-order valence-corrected chi connectivity index (χ1v) is 6.70. The monoisotopic (exact) mass is 282 g/mol. The van der Waals surface area contributed by atoms with E-state index in [9.17, 15) is 4.79 Å². The standard InChI is InChI=1S/C14H22N2O4/c1-9-7-11(20-15-9)10-8-18-14(5,6)16(10)12(17)19-13(2,3)4/h7,10H,8H2,1-6H3/t10-/m0/s1. The van der Waals surface area contributed by atoms with Crippen LogP contribution in [0, 0.1) is 6.92 Å². The lowest BCUT2D eigenvalue weighted by molar-refractivity contribution is -0.0634. The topological polar surface area (TPSA) is 64.8 Å². The molecule has 0 aliphatic carbocycles. The first kappa shape index (κ1) is 14.8. The number of carbonyl (C=O) groups excluding carboxylic acids is 1. The lowest BCUT2D eigenvalue weighted by Gasteiger charge is -2.34. The normalized spacial score (nSPS) is 22.1. The summed E-state index contributed by atoms with van der Waals surface area (Å²) in [5.41, 5.74) is -0.528. The van der Waals surface area contributed by atoms with Crippen LogP contribution in [0.1, 0.15) is 52.1 Å². The maximum absolute atomic E-state index is 12.4. The van der Waals surface area contributed by atoms with Crippen molar-refractivity contribution in [1.29, 1.82) is 0 Å². The van der Waals surface area contributed by atoms with Crippen molar-refractivity contribution in [2.24, 2.45) is 0 Å². The van der Waals surface area contributed by atoms with Gasteiger partial charge in [0.1, 0.15) is 17.4 Å². The van der Waals surface area contributed by atoms with Gasteiger partial charge in [-0.2, -0.15) is 0 Å². The second-order valence-electron chi connectivity index (χ2n) is 6.49. The number of ether oxygens (including phenoxy) is 2. The maximum atomic E-state index is 12.4. The van der Waals surface area contributed by atoms with Crippen molar-refractivity contribution >= 4 is 6.09 Å². The van der Waals surface area contributed by atoms with E-state index in [-0.39, 0.29) is 6.04 Å². The summed E-state index contributed by atoms with van der Waals surface area (Å²) in [5.74, 6) is 0.610. The average molecular weight is 282 g/mol. The first-order valence-electron chi connectivity index (χ1n) is 6.70. The third-order valence-electron chi connectivity index (χ3n) is 3.05. The van der Waals surface area contributed by atoms with Crippen LogP contribution in [-0.4, -0.2) is 34.1 Å². The van der Waals surface area contributed by atoms with Crippen molar-refractivity contribution in [2.75, 3.05) is 6.61 Å². The molecule has 1 aliphatic rings. The average Bonchev–Trinajstić information content (AvgIpc) is 2.79. The summed E-state index contributed by atoms with van der Waals surface area (Å²) in [6.07, 6.45) is -0.418. The molecule has 1 amide bonds. The summed E-state index contributed by atoms with van der Waals surface area (Å²) < 4.78 is 16.4. The van der Waals surface area contributed by atoms with Gasteiger partial charge in [0.15, 0.2) is 5.76 Å². The summed E-state index contributed by atoms with van der Waals surface area (Å²) in [4.78, 5) is 14.0. The SMILES string of the molecule is Cc1cc([C@@H]2COC(C)(C)N2C(=O)OC(C)(C)C)on1. The quantitative estimate of drug-likeness (QED) is 0.792. The Morgan fingerprint density at radius 1 is 1.50 bits per heavy atom. The van der Waals surface area contributed by atoms with Gasteiger partial charge >= 0.3 is 6.09 Å². The Morgan fingerprint density at radius 2 is 2.15 bits per heavy atom. The molecule has 2 rings (SSSR count). The van der Waals surface area contributed by atoms with E-state index in [1.54, 1.807) is 4.90 Å². The van der Waals surface area contributed by atoms with E-state index < -0.39 is 17.4 Å². The van der Waals surface area contributed by atoms with Crippen LogP contribution in [0.15, 0.2) is 10.6 Å². The molecule has 1 aromatic rings. The molecule has 6 heteroatoms. The van der Waals surface area contributed by atoms with Crippen molar-refractivity contribution in [2.45, 2.75) is 58.9 Å². The van der Waals surface area contributed by atoms with E-state index in [0.29, 0.717) is 12.4 Å². The van der Waals surface area contributed by atoms with Gasteiger partial charge in [-0.1, -0.05) is 5.16 Å². The summed E-state index contributed by atoms with van der Waals surface area (Å²) in [7, 11) is 0. The van der Waals surface area contributed by atoms with Gasteiger partial charge in [-0.3, -0.25) is 4.90 Å². The fourth-order valence-electron chi connectivity index (χ4n) is 2.21. The number of carbonyl (C=O) groups is 1. The van der Waals surface area contributed by atoms with Gasteiger partial charge in [0.2, 0.25) is 0 Å². The molecule has 112 valence electrons. The maximum Gasteiger partial charge on any atom is 0.413 e. The zero-order chi connectivity index (χ0) is 15.1. The Labute approximate surface area is 119 Å². The molecule has 1 atom stereocenters. The van der Waals surface area contributed by atoms with Gasteiger partial charge < -0.3 is 14.0 Å². The molecule has 20 heavy (non-hydrogen) atoms. The van der Waals surface area contributed by atoms with Crippen LogP contribution in [0.25, 0.3) is 0 Å². The summed E-state index contributed by atoms with van der Waals surface area (Å²) in [6, 6.07) is 1.49. The van der Waals surface area contributed by atoms with Crippen LogP contribution in [-0.2, 0) is 9.47 Å². The summed E-state index contributed by atoms with van der Waals surface area (Å²) in [6.45, 7) is 11.4. The van der Waals surface area contributed by atoms with E-state index >= 15 is 0 Å². The number of hydrogen-bond acceptors (Lipinski definition) is 5. The molecule has 6 nitrogen and oxygen atoms in total. The van der Waals surface area contributed by atoms with E-state index in [4.69, 9.17) is 14.0 Å². The number of rotatable bonds is 1. The molecule has 1 aromatic heterocycles. The molecule has 2 heterocycles. The zero-order valence-electron chi connectivity index (χ0n) is 12.9. The number of nitrogens with zero attached hydrogens (tertiary/aromatic N) is 2. The summed E-state index contributed by atoms with van der Waals surface area (Å²) in [5, 5.41) is 3.87. The lowest BCUT2D eigenvalue weighted by atomic mass is 10.1. The van der Waals surface area contributed by atoms with Crippen molar-refractivity contribution in [3.63, 3.8) is 0 Å². The van der Waals surface area contributed by atoms with E-state index in [2.05, 4.69) is 5.16 Å². The molecule has 0 N–H and O–H groups in total. The highest BCUT2D eigenvalue weighted by Crippen LogP contribution is 2.38. The third kappa shape index (κ3) is 2.95. The molecule has 0 saturated carbocycles. The molecule has 0 aromatic carbocycles. The van der Waals surface area contributed by atoms with Crippen LogP contribution >= 0.6 is 0 Å². The molecule has 0 radical (unpaired) electrons. The third-order valence-corrected chi connectivity index (χ3v) is 3.05. The minimum absolute atomic E-state index is 0.318. The highest BCUT2D eigenvalue weighted by Gasteiger charge is 2.47. The van der Waals surface area contributed by atoms with Crippen LogP contribution in [0.3, 0.4) is 0 Å². The van der Waals surface area contributed by atoms with Crippen molar-refractivity contribution < 1.29 is 18.8 Å². The summed E-state index contributed by atoms with van der Waals surface area (Å²) >= 11 is 0. The molecule has 1 aliphatic heterocycles. The minimum Gasteiger partial charge on any atom is -0.444 e. The van der Waals surface area contributed by atoms with Crippen molar-refractivity contribution in [1.82, 2.24) is 10.1 Å². The predicted molar refractivity (Wildman–Crippen MR) is 72.1 cm³/mol. The zero-order valence-corrected chi connectivity index (χ0v) is 12.9. The van der Waals surface area contributed by atoms with Gasteiger partial charge in [-0.05, 0) is 41.5 Å². The Bertz CT molecular complexity index is 502. The van der Waals surface area contributed by atoms with Gasteiger partial charge in [-0.25, -0.2) is 4.79 Å². The number of amides is 1. The van der Waals surface area contributed by atoms with Crippen LogP contribution < -0.4 is 0 Å². The molecular weight excluding hydrogens is 260 g/mol. The van der Waals surface area contributed by atoms with Gasteiger partial charge in [0.25, 0.3) is 0 Å². The highest BCUT2D eigenvalue weighted by atomic mass is 16.6. The Hall–Kier alpha value is -1.56. The molecular formula is C14H22N2O4. The number of aryl methyl sites for hydroxylation is 1. The smallest absolute Gasteiger partial charge is 0.413 e. The number of hydrogen-bond donors (Lipinski definition) is 0. The number of aromatic nitrogens is 1. The predicted octanol–water partition coefficient (Wildman–Crippen LogP) is 3.03. The molecule has 1 saturated heterocycles. The Balaban J connectivity index is 2.27. The largest absolute Gasteiger partial charge is 0.444 e. The highest BCUT2D eigenvalue weighted by molar-refractivity contribution is 5.70. The van der Waals surface area contributed by atoms with Crippen LogP contribution in [0.2, 0.25) is 0 Å². The fraction of sp³-hybridized carbons (Fsp3) is 0.714. The Kier molecular flexibility index (Phi) is 3.54.